The molecule has 8 nitrogen and oxygen atoms in total. The molecule has 2 rings (SSSR count). The summed E-state index contributed by atoms with van der Waals surface area (Å²) in [5, 5.41) is 14.6. The van der Waals surface area contributed by atoms with Gasteiger partial charge in [0.2, 0.25) is 5.91 Å². The molecule has 0 aromatic heterocycles. The molecule has 8 heteroatoms. The maximum Gasteiger partial charge on any atom is 0.408 e. The van der Waals surface area contributed by atoms with Gasteiger partial charge in [0.1, 0.15) is 24.4 Å². The number of benzene rings is 2. The number of carbonyl (C=O) groups is 3. The maximum atomic E-state index is 12.8. The SMILES string of the molecule is COc1ccccc1C[C@H](NC(=O)[C@H](NC(=O)OCc1ccccc1)C(C)C)C(=O)O. The molecular formula is C23H28N2O6. The Labute approximate surface area is 181 Å². The summed E-state index contributed by atoms with van der Waals surface area (Å²) in [6.45, 7) is 3.56. The molecule has 0 radical (unpaired) electrons. The minimum atomic E-state index is -1.19. The van der Waals surface area contributed by atoms with Crippen molar-refractivity contribution < 1.29 is 29.0 Å². The van der Waals surface area contributed by atoms with Crippen LogP contribution in [0.3, 0.4) is 0 Å². The van der Waals surface area contributed by atoms with Gasteiger partial charge < -0.3 is 25.2 Å². The third-order valence-corrected chi connectivity index (χ3v) is 4.67. The predicted molar refractivity (Wildman–Crippen MR) is 115 cm³/mol. The molecule has 0 aliphatic heterocycles. The molecule has 166 valence electrons. The second kappa shape index (κ2) is 11.6. The van der Waals surface area contributed by atoms with Crippen molar-refractivity contribution in [1.29, 1.82) is 0 Å². The van der Waals surface area contributed by atoms with Crippen molar-refractivity contribution >= 4 is 18.0 Å². The number of carboxylic acid groups (broad SMARTS) is 1. The molecule has 0 saturated carbocycles. The number of amides is 2. The van der Waals surface area contributed by atoms with Gasteiger partial charge in [-0.15, -0.1) is 0 Å². The van der Waals surface area contributed by atoms with Crippen LogP contribution in [0.15, 0.2) is 54.6 Å². The predicted octanol–water partition coefficient (Wildman–Crippen LogP) is 2.76. The summed E-state index contributed by atoms with van der Waals surface area (Å²) < 4.78 is 10.4. The Morgan fingerprint density at radius 2 is 1.61 bits per heavy atom. The topological polar surface area (TPSA) is 114 Å². The van der Waals surface area contributed by atoms with Crippen molar-refractivity contribution in [3.05, 3.63) is 65.7 Å². The molecule has 2 atom stereocenters. The van der Waals surface area contributed by atoms with Gasteiger partial charge in [0.25, 0.3) is 0 Å². The van der Waals surface area contributed by atoms with Crippen molar-refractivity contribution in [3.8, 4) is 5.75 Å². The molecule has 31 heavy (non-hydrogen) atoms. The number of ether oxygens (including phenoxy) is 2. The van der Waals surface area contributed by atoms with E-state index in [1.807, 2.05) is 30.3 Å². The minimum absolute atomic E-state index is 0.0361. The smallest absolute Gasteiger partial charge is 0.408 e. The first-order valence-corrected chi connectivity index (χ1v) is 9.94. The Hall–Kier alpha value is -3.55. The molecule has 2 aromatic rings. The van der Waals surface area contributed by atoms with Gasteiger partial charge in [-0.3, -0.25) is 4.79 Å². The Morgan fingerprint density at radius 3 is 2.23 bits per heavy atom. The van der Waals surface area contributed by atoms with E-state index in [0.717, 1.165) is 5.56 Å². The Morgan fingerprint density at radius 1 is 0.968 bits per heavy atom. The number of hydrogen-bond donors (Lipinski definition) is 3. The van der Waals surface area contributed by atoms with Crippen LogP contribution < -0.4 is 15.4 Å². The number of methoxy groups -OCH3 is 1. The molecule has 0 fully saturated rings. The molecule has 0 bridgehead atoms. The van der Waals surface area contributed by atoms with Crippen LogP contribution in [0, 0.1) is 5.92 Å². The zero-order valence-electron chi connectivity index (χ0n) is 17.8. The number of hydrogen-bond acceptors (Lipinski definition) is 5. The molecule has 0 spiro atoms. The standard InChI is InChI=1S/C23H28N2O6/c1-15(2)20(25-23(29)31-14-16-9-5-4-6-10-16)21(26)24-18(22(27)28)13-17-11-7-8-12-19(17)30-3/h4-12,15,18,20H,13-14H2,1-3H3,(H,24,26)(H,25,29)(H,27,28)/t18-,20+/m0/s1. The van der Waals surface area contributed by atoms with Crippen LogP contribution in [-0.4, -0.2) is 42.3 Å². The van der Waals surface area contributed by atoms with E-state index in [4.69, 9.17) is 9.47 Å². The normalized spacial score (nSPS) is 12.5. The van der Waals surface area contributed by atoms with Crippen LogP contribution in [0.4, 0.5) is 4.79 Å². The lowest BCUT2D eigenvalue weighted by atomic mass is 10.0. The lowest BCUT2D eigenvalue weighted by Gasteiger charge is -2.24. The molecule has 0 aliphatic carbocycles. The van der Waals surface area contributed by atoms with Crippen LogP contribution in [0.1, 0.15) is 25.0 Å². The van der Waals surface area contributed by atoms with Crippen molar-refractivity contribution in [2.45, 2.75) is 39.0 Å². The Kier molecular flexibility index (Phi) is 8.87. The number of alkyl carbamates (subject to hydrolysis) is 1. The number of para-hydroxylation sites is 1. The number of aliphatic carboxylic acids is 1. The number of rotatable bonds is 10. The van der Waals surface area contributed by atoms with E-state index in [9.17, 15) is 19.5 Å². The highest BCUT2D eigenvalue weighted by Crippen LogP contribution is 2.19. The lowest BCUT2D eigenvalue weighted by Crippen LogP contribution is -2.54. The van der Waals surface area contributed by atoms with E-state index in [0.29, 0.717) is 11.3 Å². The monoisotopic (exact) mass is 428 g/mol. The third-order valence-electron chi connectivity index (χ3n) is 4.67. The van der Waals surface area contributed by atoms with Crippen LogP contribution in [0.25, 0.3) is 0 Å². The van der Waals surface area contributed by atoms with Gasteiger partial charge in [-0.2, -0.15) is 0 Å². The minimum Gasteiger partial charge on any atom is -0.496 e. The molecule has 3 N–H and O–H groups in total. The second-order valence-electron chi connectivity index (χ2n) is 7.34. The molecule has 2 amide bonds. The first kappa shape index (κ1) is 23.7. The molecular weight excluding hydrogens is 400 g/mol. The summed E-state index contributed by atoms with van der Waals surface area (Å²) >= 11 is 0. The highest BCUT2D eigenvalue weighted by molar-refractivity contribution is 5.89. The van der Waals surface area contributed by atoms with Gasteiger partial charge in [0, 0.05) is 6.42 Å². The number of nitrogens with one attached hydrogen (secondary N) is 2. The number of carboxylic acids is 1. The third kappa shape index (κ3) is 7.33. The Bertz CT molecular complexity index is 885. The van der Waals surface area contributed by atoms with Crippen LogP contribution in [-0.2, 0) is 27.4 Å². The second-order valence-corrected chi connectivity index (χ2v) is 7.34. The van der Waals surface area contributed by atoms with Gasteiger partial charge in [0.15, 0.2) is 0 Å². The average Bonchev–Trinajstić information content (AvgIpc) is 2.76. The van der Waals surface area contributed by atoms with E-state index in [-0.39, 0.29) is 18.9 Å². The van der Waals surface area contributed by atoms with Gasteiger partial charge in [0.05, 0.1) is 7.11 Å². The highest BCUT2D eigenvalue weighted by Gasteiger charge is 2.29. The number of carbonyl (C=O) groups excluding carboxylic acids is 2. The molecule has 0 aliphatic rings. The van der Waals surface area contributed by atoms with E-state index >= 15 is 0 Å². The van der Waals surface area contributed by atoms with Crippen LogP contribution in [0.2, 0.25) is 0 Å². The fourth-order valence-electron chi connectivity index (χ4n) is 2.98. The van der Waals surface area contributed by atoms with Crippen molar-refractivity contribution in [1.82, 2.24) is 10.6 Å². The lowest BCUT2D eigenvalue weighted by molar-refractivity contribution is -0.142. The largest absolute Gasteiger partial charge is 0.496 e. The Balaban J connectivity index is 2.01. The highest BCUT2D eigenvalue weighted by atomic mass is 16.5. The quantitative estimate of drug-likeness (QED) is 0.536. The summed E-state index contributed by atoms with van der Waals surface area (Å²) in [5.41, 5.74) is 1.46. The average molecular weight is 428 g/mol. The fourth-order valence-corrected chi connectivity index (χ4v) is 2.98. The van der Waals surface area contributed by atoms with E-state index in [2.05, 4.69) is 10.6 Å². The zero-order chi connectivity index (χ0) is 22.8. The summed E-state index contributed by atoms with van der Waals surface area (Å²) in [5.74, 6) is -1.54. The van der Waals surface area contributed by atoms with E-state index < -0.39 is 30.1 Å². The maximum absolute atomic E-state index is 12.8. The summed E-state index contributed by atoms with van der Waals surface area (Å²) in [6, 6.07) is 14.0. The van der Waals surface area contributed by atoms with Crippen molar-refractivity contribution in [2.24, 2.45) is 5.92 Å². The van der Waals surface area contributed by atoms with Crippen molar-refractivity contribution in [3.63, 3.8) is 0 Å². The first-order valence-electron chi connectivity index (χ1n) is 9.94. The van der Waals surface area contributed by atoms with Gasteiger partial charge in [-0.25, -0.2) is 9.59 Å². The van der Waals surface area contributed by atoms with Crippen LogP contribution >= 0.6 is 0 Å². The zero-order valence-corrected chi connectivity index (χ0v) is 17.8. The summed E-state index contributed by atoms with van der Waals surface area (Å²) in [7, 11) is 1.49. The van der Waals surface area contributed by atoms with Crippen LogP contribution in [0.5, 0.6) is 5.75 Å². The van der Waals surface area contributed by atoms with Gasteiger partial charge >= 0.3 is 12.1 Å². The molecule has 0 saturated heterocycles. The first-order chi connectivity index (χ1) is 14.8. The molecule has 0 heterocycles. The van der Waals surface area contributed by atoms with Crippen molar-refractivity contribution in [2.75, 3.05) is 7.11 Å². The molecule has 2 aromatic carbocycles. The fraction of sp³-hybridized carbons (Fsp3) is 0.348. The van der Waals surface area contributed by atoms with Gasteiger partial charge in [-0.1, -0.05) is 62.4 Å². The van der Waals surface area contributed by atoms with E-state index in [1.54, 1.807) is 38.1 Å². The summed E-state index contributed by atoms with van der Waals surface area (Å²) in [6.07, 6.45) is -0.719. The van der Waals surface area contributed by atoms with Gasteiger partial charge in [-0.05, 0) is 23.1 Å². The van der Waals surface area contributed by atoms with E-state index in [1.165, 1.54) is 7.11 Å². The molecule has 0 unspecified atom stereocenters. The summed E-state index contributed by atoms with van der Waals surface area (Å²) in [4.78, 5) is 36.7.